The molecule has 0 unspecified atom stereocenters. The average molecular weight is 467 g/mol. The Morgan fingerprint density at radius 1 is 1.03 bits per heavy atom. The zero-order valence-electron chi connectivity index (χ0n) is 17.9. The standard InChI is InChI=1S/C23H22N4O5S/c1-23(21(28)25-22(29)26-23)17-14-16(11-12-19(17)32-2)33(30,31)27-20(15-8-4-3-5-9-15)18-10-6-7-13-24-18/h3-14,20,27H,1-2H3,(H2,25,26,28,29)/t20-,23+/m1/s1. The van der Waals surface area contributed by atoms with Gasteiger partial charge >= 0.3 is 6.03 Å². The lowest BCUT2D eigenvalue weighted by Crippen LogP contribution is -2.41. The molecule has 1 aromatic heterocycles. The van der Waals surface area contributed by atoms with Gasteiger partial charge in [0.1, 0.15) is 11.3 Å². The van der Waals surface area contributed by atoms with E-state index in [1.165, 1.54) is 32.2 Å². The molecule has 33 heavy (non-hydrogen) atoms. The van der Waals surface area contributed by atoms with Crippen molar-refractivity contribution in [1.29, 1.82) is 0 Å². The molecule has 3 N–H and O–H groups in total. The predicted molar refractivity (Wildman–Crippen MR) is 120 cm³/mol. The van der Waals surface area contributed by atoms with Crippen molar-refractivity contribution in [2.45, 2.75) is 23.4 Å². The monoisotopic (exact) mass is 466 g/mol. The van der Waals surface area contributed by atoms with Gasteiger partial charge in [0, 0.05) is 11.8 Å². The van der Waals surface area contributed by atoms with Gasteiger partial charge in [0.05, 0.1) is 23.7 Å². The first-order valence-corrected chi connectivity index (χ1v) is 11.5. The van der Waals surface area contributed by atoms with Crippen molar-refractivity contribution < 1.29 is 22.7 Å². The van der Waals surface area contributed by atoms with Crippen LogP contribution in [0.15, 0.2) is 77.8 Å². The maximum absolute atomic E-state index is 13.4. The van der Waals surface area contributed by atoms with Gasteiger partial charge in [-0.05, 0) is 42.8 Å². The molecule has 3 amide bonds. The van der Waals surface area contributed by atoms with Gasteiger partial charge in [-0.3, -0.25) is 15.1 Å². The Kier molecular flexibility index (Phi) is 5.88. The average Bonchev–Trinajstić information content (AvgIpc) is 3.10. The lowest BCUT2D eigenvalue weighted by atomic mass is 9.91. The smallest absolute Gasteiger partial charge is 0.322 e. The molecule has 170 valence electrons. The molecule has 0 aliphatic carbocycles. The number of rotatable bonds is 7. The first-order valence-electron chi connectivity index (χ1n) is 10.0. The number of imide groups is 1. The van der Waals surface area contributed by atoms with Crippen molar-refractivity contribution in [3.63, 3.8) is 0 Å². The molecular weight excluding hydrogens is 444 g/mol. The van der Waals surface area contributed by atoms with Crippen LogP contribution in [0.25, 0.3) is 0 Å². The van der Waals surface area contributed by atoms with Crippen molar-refractivity contribution in [2.24, 2.45) is 0 Å². The third-order valence-electron chi connectivity index (χ3n) is 5.45. The summed E-state index contributed by atoms with van der Waals surface area (Å²) in [7, 11) is -2.68. The fourth-order valence-electron chi connectivity index (χ4n) is 3.69. The van der Waals surface area contributed by atoms with Gasteiger partial charge in [-0.25, -0.2) is 13.2 Å². The van der Waals surface area contributed by atoms with Gasteiger partial charge in [-0.1, -0.05) is 36.4 Å². The number of nitrogens with one attached hydrogen (secondary N) is 3. The minimum atomic E-state index is -4.08. The quantitative estimate of drug-likeness (QED) is 0.458. The fourth-order valence-corrected chi connectivity index (χ4v) is 4.92. The number of benzene rings is 2. The molecule has 3 aromatic rings. The number of ether oxygens (including phenoxy) is 1. The zero-order valence-corrected chi connectivity index (χ0v) is 18.7. The highest BCUT2D eigenvalue weighted by atomic mass is 32.2. The highest BCUT2D eigenvalue weighted by molar-refractivity contribution is 7.89. The minimum Gasteiger partial charge on any atom is -0.496 e. The van der Waals surface area contributed by atoms with E-state index in [0.717, 1.165) is 0 Å². The number of urea groups is 1. The number of aromatic nitrogens is 1. The van der Waals surface area contributed by atoms with Gasteiger partial charge in [0.15, 0.2) is 0 Å². The number of nitrogens with zero attached hydrogens (tertiary/aromatic N) is 1. The van der Waals surface area contributed by atoms with Crippen LogP contribution < -0.4 is 20.1 Å². The highest BCUT2D eigenvalue weighted by Crippen LogP contribution is 2.34. The summed E-state index contributed by atoms with van der Waals surface area (Å²) in [6, 6.07) is 17.1. The second-order valence-electron chi connectivity index (χ2n) is 7.61. The summed E-state index contributed by atoms with van der Waals surface area (Å²) < 4.78 is 34.9. The molecule has 0 bridgehead atoms. The topological polar surface area (TPSA) is 126 Å². The van der Waals surface area contributed by atoms with Crippen LogP contribution >= 0.6 is 0 Å². The molecule has 0 saturated carbocycles. The highest BCUT2D eigenvalue weighted by Gasteiger charge is 2.45. The summed E-state index contributed by atoms with van der Waals surface area (Å²) in [6.45, 7) is 1.48. The van der Waals surface area contributed by atoms with Crippen LogP contribution in [0.5, 0.6) is 5.75 Å². The number of sulfonamides is 1. The van der Waals surface area contributed by atoms with Crippen molar-refractivity contribution in [2.75, 3.05) is 7.11 Å². The number of carbonyl (C=O) groups is 2. The van der Waals surface area contributed by atoms with Crippen LogP contribution in [0, 0.1) is 0 Å². The summed E-state index contributed by atoms with van der Waals surface area (Å²) in [5.41, 5.74) is -0.0445. The number of methoxy groups -OCH3 is 1. The van der Waals surface area contributed by atoms with Gasteiger partial charge in [0.25, 0.3) is 5.91 Å². The Morgan fingerprint density at radius 3 is 2.36 bits per heavy atom. The minimum absolute atomic E-state index is 0.0923. The summed E-state index contributed by atoms with van der Waals surface area (Å²) in [5, 5.41) is 4.71. The molecule has 4 rings (SSSR count). The van der Waals surface area contributed by atoms with E-state index in [1.807, 2.05) is 18.2 Å². The largest absolute Gasteiger partial charge is 0.496 e. The Bertz CT molecular complexity index is 1260. The lowest BCUT2D eigenvalue weighted by Gasteiger charge is -2.25. The van der Waals surface area contributed by atoms with Gasteiger partial charge in [-0.15, -0.1) is 0 Å². The molecule has 10 heteroatoms. The molecule has 1 aliphatic heterocycles. The maximum atomic E-state index is 13.4. The molecule has 1 aliphatic rings. The third-order valence-corrected chi connectivity index (χ3v) is 6.87. The van der Waals surface area contributed by atoms with Crippen LogP contribution in [-0.4, -0.2) is 32.4 Å². The molecule has 2 heterocycles. The summed E-state index contributed by atoms with van der Waals surface area (Å²) in [5.74, 6) is -0.345. The lowest BCUT2D eigenvalue weighted by molar-refractivity contribution is -0.123. The molecule has 9 nitrogen and oxygen atoms in total. The molecule has 1 saturated heterocycles. The predicted octanol–water partition coefficient (Wildman–Crippen LogP) is 2.21. The summed E-state index contributed by atoms with van der Waals surface area (Å²) in [4.78, 5) is 28.5. The number of hydrogen-bond donors (Lipinski definition) is 3. The van der Waals surface area contributed by atoms with Gasteiger partial charge in [0.2, 0.25) is 10.0 Å². The van der Waals surface area contributed by atoms with Crippen molar-refractivity contribution in [3.05, 3.63) is 89.7 Å². The van der Waals surface area contributed by atoms with E-state index in [0.29, 0.717) is 11.3 Å². The number of hydrogen-bond acceptors (Lipinski definition) is 6. The van der Waals surface area contributed by atoms with E-state index >= 15 is 0 Å². The van der Waals surface area contributed by atoms with Crippen LogP contribution in [0.1, 0.15) is 29.8 Å². The molecule has 1 fully saturated rings. The van der Waals surface area contributed by atoms with E-state index in [-0.39, 0.29) is 16.2 Å². The first-order chi connectivity index (χ1) is 15.7. The molecule has 0 spiro atoms. The first kappa shape index (κ1) is 22.4. The summed E-state index contributed by atoms with van der Waals surface area (Å²) in [6.07, 6.45) is 1.59. The van der Waals surface area contributed by atoms with E-state index in [1.54, 1.807) is 36.5 Å². The molecule has 2 aromatic carbocycles. The Labute approximate surface area is 191 Å². The van der Waals surface area contributed by atoms with Gasteiger partial charge < -0.3 is 10.1 Å². The fraction of sp³-hybridized carbons (Fsp3) is 0.174. The summed E-state index contributed by atoms with van der Waals surface area (Å²) >= 11 is 0. The van der Waals surface area contributed by atoms with Crippen molar-refractivity contribution in [1.82, 2.24) is 20.3 Å². The second kappa shape index (κ2) is 8.64. The van der Waals surface area contributed by atoms with E-state index < -0.39 is 33.5 Å². The van der Waals surface area contributed by atoms with E-state index in [4.69, 9.17) is 4.74 Å². The number of carbonyl (C=O) groups excluding carboxylic acids is 2. The Morgan fingerprint density at radius 2 is 1.76 bits per heavy atom. The van der Waals surface area contributed by atoms with E-state index in [9.17, 15) is 18.0 Å². The Balaban J connectivity index is 1.77. The number of pyridine rings is 1. The van der Waals surface area contributed by atoms with E-state index in [2.05, 4.69) is 20.3 Å². The third kappa shape index (κ3) is 4.30. The number of amides is 3. The van der Waals surface area contributed by atoms with Gasteiger partial charge in [-0.2, -0.15) is 4.72 Å². The molecular formula is C23H22N4O5S. The maximum Gasteiger partial charge on any atom is 0.322 e. The SMILES string of the molecule is COc1ccc(S(=O)(=O)N[C@H](c2ccccc2)c2ccccn2)cc1[C@]1(C)NC(=O)NC1=O. The van der Waals surface area contributed by atoms with Crippen LogP contribution in [0.3, 0.4) is 0 Å². The van der Waals surface area contributed by atoms with Crippen molar-refractivity contribution in [3.8, 4) is 5.75 Å². The molecule has 2 atom stereocenters. The zero-order chi connectivity index (χ0) is 23.6. The normalized spacial score (nSPS) is 19.0. The van der Waals surface area contributed by atoms with Crippen molar-refractivity contribution >= 4 is 22.0 Å². The molecule has 0 radical (unpaired) electrons. The van der Waals surface area contributed by atoms with Crippen LogP contribution in [0.4, 0.5) is 4.79 Å². The van der Waals surface area contributed by atoms with Crippen LogP contribution in [0.2, 0.25) is 0 Å². The second-order valence-corrected chi connectivity index (χ2v) is 9.33. The van der Waals surface area contributed by atoms with Crippen LogP contribution in [-0.2, 0) is 20.4 Å². The Hall–Kier alpha value is -3.76.